The first-order chi connectivity index (χ1) is 8.08. The first-order valence-electron chi connectivity index (χ1n) is 5.30. The third-order valence-corrected chi connectivity index (χ3v) is 3.67. The molecule has 2 N–H and O–H groups in total. The SMILES string of the molecule is O=C(O)C1CC(O)CN1C(=O)Cc1cccs1. The van der Waals surface area contributed by atoms with E-state index in [4.69, 9.17) is 5.11 Å². The van der Waals surface area contributed by atoms with Crippen LogP contribution >= 0.6 is 11.3 Å². The minimum Gasteiger partial charge on any atom is -0.480 e. The number of hydrogen-bond donors (Lipinski definition) is 2. The molecule has 0 aromatic carbocycles. The Kier molecular flexibility index (Phi) is 3.44. The molecule has 92 valence electrons. The molecule has 0 radical (unpaired) electrons. The number of rotatable bonds is 3. The van der Waals surface area contributed by atoms with Crippen LogP contribution in [0.3, 0.4) is 0 Å². The largest absolute Gasteiger partial charge is 0.480 e. The number of carbonyl (C=O) groups is 2. The number of amides is 1. The Morgan fingerprint density at radius 3 is 2.88 bits per heavy atom. The van der Waals surface area contributed by atoms with Gasteiger partial charge in [-0.1, -0.05) is 6.07 Å². The average Bonchev–Trinajstić information content (AvgIpc) is 2.86. The van der Waals surface area contributed by atoms with Gasteiger partial charge in [0.1, 0.15) is 6.04 Å². The fourth-order valence-corrected chi connectivity index (χ4v) is 2.68. The molecule has 1 aliphatic heterocycles. The molecule has 2 rings (SSSR count). The van der Waals surface area contributed by atoms with E-state index < -0.39 is 18.1 Å². The predicted molar refractivity (Wildman–Crippen MR) is 61.8 cm³/mol. The average molecular weight is 255 g/mol. The summed E-state index contributed by atoms with van der Waals surface area (Å²) in [7, 11) is 0. The number of carboxylic acids is 1. The molecule has 2 heterocycles. The van der Waals surface area contributed by atoms with Crippen molar-refractivity contribution in [3.05, 3.63) is 22.4 Å². The summed E-state index contributed by atoms with van der Waals surface area (Å²) in [6.07, 6.45) is -0.414. The van der Waals surface area contributed by atoms with Crippen molar-refractivity contribution in [3.8, 4) is 0 Å². The Hall–Kier alpha value is -1.40. The molecule has 1 aliphatic rings. The summed E-state index contributed by atoms with van der Waals surface area (Å²) >= 11 is 1.46. The van der Waals surface area contributed by atoms with Crippen LogP contribution in [-0.2, 0) is 16.0 Å². The summed E-state index contributed by atoms with van der Waals surface area (Å²) in [5, 5.41) is 20.3. The van der Waals surface area contributed by atoms with Gasteiger partial charge in [0.05, 0.1) is 12.5 Å². The number of aliphatic hydroxyl groups excluding tert-OH is 1. The van der Waals surface area contributed by atoms with Crippen molar-refractivity contribution in [1.82, 2.24) is 4.90 Å². The van der Waals surface area contributed by atoms with Gasteiger partial charge in [-0.3, -0.25) is 4.79 Å². The second-order valence-corrected chi connectivity index (χ2v) is 5.08. The van der Waals surface area contributed by atoms with E-state index in [-0.39, 0.29) is 25.3 Å². The van der Waals surface area contributed by atoms with Gasteiger partial charge in [0, 0.05) is 17.8 Å². The van der Waals surface area contributed by atoms with Crippen molar-refractivity contribution in [2.75, 3.05) is 6.54 Å². The monoisotopic (exact) mass is 255 g/mol. The smallest absolute Gasteiger partial charge is 0.326 e. The summed E-state index contributed by atoms with van der Waals surface area (Å²) in [4.78, 5) is 25.1. The quantitative estimate of drug-likeness (QED) is 0.816. The molecule has 0 spiro atoms. The molecule has 0 saturated carbocycles. The van der Waals surface area contributed by atoms with E-state index in [2.05, 4.69) is 0 Å². The predicted octanol–water partition coefficient (Wildman–Crippen LogP) is 0.337. The number of aliphatic carboxylic acids is 1. The molecule has 1 fully saturated rings. The third-order valence-electron chi connectivity index (χ3n) is 2.79. The summed E-state index contributed by atoms with van der Waals surface area (Å²) in [6, 6.07) is 2.79. The molecule has 0 bridgehead atoms. The highest BCUT2D eigenvalue weighted by atomic mass is 32.1. The molecule has 1 saturated heterocycles. The van der Waals surface area contributed by atoms with Gasteiger partial charge in [-0.25, -0.2) is 4.79 Å². The molecule has 5 nitrogen and oxygen atoms in total. The zero-order chi connectivity index (χ0) is 12.4. The van der Waals surface area contributed by atoms with Crippen LogP contribution < -0.4 is 0 Å². The minimum absolute atomic E-state index is 0.112. The summed E-state index contributed by atoms with van der Waals surface area (Å²) < 4.78 is 0. The highest BCUT2D eigenvalue weighted by Gasteiger charge is 2.38. The number of carboxylic acid groups (broad SMARTS) is 1. The Bertz CT molecular complexity index is 417. The van der Waals surface area contributed by atoms with Crippen molar-refractivity contribution in [3.63, 3.8) is 0 Å². The van der Waals surface area contributed by atoms with Gasteiger partial charge in [-0.2, -0.15) is 0 Å². The van der Waals surface area contributed by atoms with Crippen LogP contribution in [0.1, 0.15) is 11.3 Å². The highest BCUT2D eigenvalue weighted by Crippen LogP contribution is 2.20. The Morgan fingerprint density at radius 2 is 2.29 bits per heavy atom. The summed E-state index contributed by atoms with van der Waals surface area (Å²) in [5.74, 6) is -1.29. The van der Waals surface area contributed by atoms with E-state index in [0.29, 0.717) is 0 Å². The Labute approximate surface area is 102 Å². The molecule has 1 aromatic heterocycles. The lowest BCUT2D eigenvalue weighted by Gasteiger charge is -2.20. The van der Waals surface area contributed by atoms with Crippen LogP contribution in [-0.4, -0.2) is 45.7 Å². The van der Waals surface area contributed by atoms with E-state index >= 15 is 0 Å². The first-order valence-corrected chi connectivity index (χ1v) is 6.18. The maximum atomic E-state index is 11.9. The van der Waals surface area contributed by atoms with Gasteiger partial charge in [0.25, 0.3) is 0 Å². The number of likely N-dealkylation sites (tertiary alicyclic amines) is 1. The van der Waals surface area contributed by atoms with Gasteiger partial charge >= 0.3 is 5.97 Å². The molecule has 2 unspecified atom stereocenters. The normalized spacial score (nSPS) is 23.9. The maximum Gasteiger partial charge on any atom is 0.326 e. The molecular weight excluding hydrogens is 242 g/mol. The molecule has 1 aromatic rings. The van der Waals surface area contributed by atoms with Crippen molar-refractivity contribution in [1.29, 1.82) is 0 Å². The molecule has 0 aliphatic carbocycles. The maximum absolute atomic E-state index is 11.9. The van der Waals surface area contributed by atoms with Crippen LogP contribution in [0.2, 0.25) is 0 Å². The fourth-order valence-electron chi connectivity index (χ4n) is 1.99. The van der Waals surface area contributed by atoms with Crippen molar-refractivity contribution in [2.45, 2.75) is 25.0 Å². The highest BCUT2D eigenvalue weighted by molar-refractivity contribution is 7.10. The first kappa shape index (κ1) is 12.1. The fraction of sp³-hybridized carbons (Fsp3) is 0.455. The van der Waals surface area contributed by atoms with Crippen LogP contribution in [0.15, 0.2) is 17.5 Å². The lowest BCUT2D eigenvalue weighted by molar-refractivity contribution is -0.147. The number of aliphatic hydroxyl groups is 1. The van der Waals surface area contributed by atoms with Gasteiger partial charge < -0.3 is 15.1 Å². The number of hydrogen-bond acceptors (Lipinski definition) is 4. The molecule has 6 heteroatoms. The number of carbonyl (C=O) groups excluding carboxylic acids is 1. The molecule has 2 atom stereocenters. The van der Waals surface area contributed by atoms with E-state index in [9.17, 15) is 14.7 Å². The number of nitrogens with zero attached hydrogens (tertiary/aromatic N) is 1. The van der Waals surface area contributed by atoms with Crippen LogP contribution in [0.25, 0.3) is 0 Å². The summed E-state index contributed by atoms with van der Waals surface area (Å²) in [6.45, 7) is 0.112. The van der Waals surface area contributed by atoms with E-state index in [1.807, 2.05) is 17.5 Å². The minimum atomic E-state index is -1.05. The van der Waals surface area contributed by atoms with Crippen molar-refractivity contribution < 1.29 is 19.8 Å². The zero-order valence-corrected chi connectivity index (χ0v) is 9.89. The Balaban J connectivity index is 2.05. The van der Waals surface area contributed by atoms with Crippen molar-refractivity contribution >= 4 is 23.2 Å². The zero-order valence-electron chi connectivity index (χ0n) is 9.07. The lowest BCUT2D eigenvalue weighted by atomic mass is 10.2. The number of β-amino-alcohol motifs (C(OH)–C–C–N with tert-alkyl or cyclic N) is 1. The second-order valence-electron chi connectivity index (χ2n) is 4.05. The number of thiophene rings is 1. The van der Waals surface area contributed by atoms with Crippen molar-refractivity contribution in [2.24, 2.45) is 0 Å². The van der Waals surface area contributed by atoms with E-state index in [1.54, 1.807) is 0 Å². The van der Waals surface area contributed by atoms with E-state index in [1.165, 1.54) is 16.2 Å². The Morgan fingerprint density at radius 1 is 1.53 bits per heavy atom. The van der Waals surface area contributed by atoms with Crippen LogP contribution in [0.4, 0.5) is 0 Å². The van der Waals surface area contributed by atoms with Crippen LogP contribution in [0, 0.1) is 0 Å². The molecular formula is C11H13NO4S. The van der Waals surface area contributed by atoms with Gasteiger partial charge in [0.15, 0.2) is 0 Å². The second kappa shape index (κ2) is 4.85. The van der Waals surface area contributed by atoms with Crippen LogP contribution in [0.5, 0.6) is 0 Å². The van der Waals surface area contributed by atoms with E-state index in [0.717, 1.165) is 4.88 Å². The standard InChI is InChI=1S/C11H13NO4S/c13-7-4-9(11(15)16)12(6-7)10(14)5-8-2-1-3-17-8/h1-3,7,9,13H,4-6H2,(H,15,16). The van der Waals surface area contributed by atoms with Gasteiger partial charge in [0.2, 0.25) is 5.91 Å². The summed E-state index contributed by atoms with van der Waals surface area (Å²) in [5.41, 5.74) is 0. The molecule has 1 amide bonds. The topological polar surface area (TPSA) is 77.8 Å². The third kappa shape index (κ3) is 2.65. The molecule has 17 heavy (non-hydrogen) atoms. The van der Waals surface area contributed by atoms with Gasteiger partial charge in [-0.15, -0.1) is 11.3 Å². The lowest BCUT2D eigenvalue weighted by Crippen LogP contribution is -2.41. The van der Waals surface area contributed by atoms with Gasteiger partial charge in [-0.05, 0) is 11.4 Å².